The smallest absolute Gasteiger partial charge is 0.329 e. The lowest BCUT2D eigenvalue weighted by Crippen LogP contribution is -2.28. The fourth-order valence-corrected chi connectivity index (χ4v) is 3.00. The highest BCUT2D eigenvalue weighted by Gasteiger charge is 2.13. The van der Waals surface area contributed by atoms with Crippen LogP contribution in [0.15, 0.2) is 33.9 Å². The van der Waals surface area contributed by atoms with Crippen LogP contribution in [0.1, 0.15) is 38.6 Å². The molecule has 0 aliphatic rings. The lowest BCUT2D eigenvalue weighted by atomic mass is 9.87. The molecule has 3 rings (SSSR count). The number of fused-ring (bicyclic) bond motifs is 1. The third kappa shape index (κ3) is 4.97. The summed E-state index contributed by atoms with van der Waals surface area (Å²) in [5.74, 6) is 1.09. The van der Waals surface area contributed by atoms with Gasteiger partial charge in [-0.2, -0.15) is 0 Å². The molecule has 0 fully saturated rings. The molecule has 0 radical (unpaired) electrons. The average Bonchev–Trinajstić information content (AvgIpc) is 3.13. The fourth-order valence-electron chi connectivity index (χ4n) is 3.00. The summed E-state index contributed by atoms with van der Waals surface area (Å²) in [6.45, 7) is 7.21. The van der Waals surface area contributed by atoms with Gasteiger partial charge < -0.3 is 15.0 Å². The van der Waals surface area contributed by atoms with Crippen LogP contribution in [0.25, 0.3) is 11.2 Å². The lowest BCUT2D eigenvalue weighted by Gasteiger charge is -2.19. The third-order valence-electron chi connectivity index (χ3n) is 4.81. The maximum Gasteiger partial charge on any atom is 0.329 e. The van der Waals surface area contributed by atoms with Gasteiger partial charge in [-0.25, -0.2) is 9.78 Å². The van der Waals surface area contributed by atoms with Crippen LogP contribution in [-0.2, 0) is 23.7 Å². The van der Waals surface area contributed by atoms with Gasteiger partial charge in [0, 0.05) is 19.9 Å². The second-order valence-corrected chi connectivity index (χ2v) is 8.17. The molecule has 3 aromatic rings. The highest BCUT2D eigenvalue weighted by molar-refractivity contribution is 5.76. The lowest BCUT2D eigenvalue weighted by molar-refractivity contribution is -0.121. The van der Waals surface area contributed by atoms with Gasteiger partial charge >= 0.3 is 5.69 Å². The molecule has 3 N–H and O–H groups in total. The van der Waals surface area contributed by atoms with E-state index in [1.54, 1.807) is 0 Å². The maximum atomic E-state index is 12.1. The molecule has 9 heteroatoms. The van der Waals surface area contributed by atoms with Crippen LogP contribution < -0.4 is 21.3 Å². The average molecular weight is 413 g/mol. The van der Waals surface area contributed by atoms with Crippen molar-refractivity contribution in [3.05, 3.63) is 56.5 Å². The number of aromatic nitrogens is 4. The minimum Gasteiger partial charge on any atom is -0.492 e. The van der Waals surface area contributed by atoms with Crippen LogP contribution in [0, 0.1) is 0 Å². The Labute approximate surface area is 173 Å². The molecule has 0 saturated carbocycles. The monoisotopic (exact) mass is 413 g/mol. The highest BCUT2D eigenvalue weighted by Crippen LogP contribution is 2.24. The summed E-state index contributed by atoms with van der Waals surface area (Å²) in [5.41, 5.74) is 0.758. The topological polar surface area (TPSA) is 122 Å². The normalized spacial score (nSPS) is 11.6. The van der Waals surface area contributed by atoms with Crippen molar-refractivity contribution in [2.45, 2.75) is 39.0 Å². The minimum absolute atomic E-state index is 0.0918. The molecule has 160 valence electrons. The molecular formula is C21H27N5O4. The number of aromatic amines is 2. The molecule has 0 aliphatic carbocycles. The van der Waals surface area contributed by atoms with E-state index in [1.807, 2.05) is 24.3 Å². The molecule has 0 bridgehead atoms. The number of benzene rings is 1. The van der Waals surface area contributed by atoms with Crippen LogP contribution in [0.4, 0.5) is 0 Å². The number of carbonyl (C=O) groups excluding carboxylic acids is 1. The van der Waals surface area contributed by atoms with Crippen molar-refractivity contribution in [1.29, 1.82) is 0 Å². The zero-order chi connectivity index (χ0) is 21.9. The van der Waals surface area contributed by atoms with Crippen LogP contribution in [0.5, 0.6) is 5.75 Å². The SMILES string of the molecule is Cn1c(=O)[nH]c(=O)c2[nH]c(CCC(=O)NCCOc3ccc(C(C)(C)C)cc3)nc21. The second-order valence-electron chi connectivity index (χ2n) is 8.17. The summed E-state index contributed by atoms with van der Waals surface area (Å²) in [4.78, 5) is 44.8. The second kappa shape index (κ2) is 8.56. The number of aryl methyl sites for hydroxylation is 2. The third-order valence-corrected chi connectivity index (χ3v) is 4.81. The Morgan fingerprint density at radius 1 is 1.17 bits per heavy atom. The molecule has 1 amide bonds. The first-order chi connectivity index (χ1) is 14.1. The quantitative estimate of drug-likeness (QED) is 0.505. The molecule has 0 spiro atoms. The molecule has 0 saturated heterocycles. The van der Waals surface area contributed by atoms with Crippen molar-refractivity contribution >= 4 is 17.1 Å². The van der Waals surface area contributed by atoms with E-state index >= 15 is 0 Å². The van der Waals surface area contributed by atoms with Crippen molar-refractivity contribution in [3.8, 4) is 5.75 Å². The molecule has 0 unspecified atom stereocenters. The number of ether oxygens (including phenoxy) is 1. The van der Waals surface area contributed by atoms with Gasteiger partial charge in [-0.15, -0.1) is 0 Å². The number of carbonyl (C=O) groups is 1. The molecule has 0 aliphatic heterocycles. The summed E-state index contributed by atoms with van der Waals surface area (Å²) in [6, 6.07) is 7.95. The molecule has 9 nitrogen and oxygen atoms in total. The van der Waals surface area contributed by atoms with Gasteiger partial charge in [-0.1, -0.05) is 32.9 Å². The van der Waals surface area contributed by atoms with Crippen molar-refractivity contribution in [3.63, 3.8) is 0 Å². The molecule has 1 aromatic carbocycles. The van der Waals surface area contributed by atoms with E-state index in [0.717, 1.165) is 5.75 Å². The van der Waals surface area contributed by atoms with Crippen LogP contribution in [-0.4, -0.2) is 38.6 Å². The summed E-state index contributed by atoms with van der Waals surface area (Å²) in [5, 5.41) is 2.80. The molecule has 30 heavy (non-hydrogen) atoms. The first-order valence-corrected chi connectivity index (χ1v) is 9.83. The predicted molar refractivity (Wildman–Crippen MR) is 114 cm³/mol. The molecular weight excluding hydrogens is 386 g/mol. The number of rotatable bonds is 7. The van der Waals surface area contributed by atoms with E-state index in [9.17, 15) is 14.4 Å². The minimum atomic E-state index is -0.531. The number of hydrogen-bond acceptors (Lipinski definition) is 5. The summed E-state index contributed by atoms with van der Waals surface area (Å²) in [6.07, 6.45) is 0.523. The van der Waals surface area contributed by atoms with Gasteiger partial charge in [0.15, 0.2) is 5.65 Å². The summed E-state index contributed by atoms with van der Waals surface area (Å²) < 4.78 is 6.91. The first-order valence-electron chi connectivity index (χ1n) is 9.83. The Morgan fingerprint density at radius 3 is 2.53 bits per heavy atom. The number of hydrogen-bond donors (Lipinski definition) is 3. The fraction of sp³-hybridized carbons (Fsp3) is 0.429. The number of amides is 1. The number of nitrogens with zero attached hydrogens (tertiary/aromatic N) is 2. The van der Waals surface area contributed by atoms with Crippen LogP contribution >= 0.6 is 0 Å². The number of nitrogens with one attached hydrogen (secondary N) is 3. The summed E-state index contributed by atoms with van der Waals surface area (Å²) in [7, 11) is 1.52. The molecule has 0 atom stereocenters. The zero-order valence-corrected chi connectivity index (χ0v) is 17.7. The van der Waals surface area contributed by atoms with E-state index in [2.05, 4.69) is 41.0 Å². The van der Waals surface area contributed by atoms with E-state index in [1.165, 1.54) is 17.2 Å². The Bertz CT molecular complexity index is 1150. The highest BCUT2D eigenvalue weighted by atomic mass is 16.5. The van der Waals surface area contributed by atoms with E-state index in [4.69, 9.17) is 4.74 Å². The van der Waals surface area contributed by atoms with Gasteiger partial charge in [-0.05, 0) is 23.1 Å². The first kappa shape index (κ1) is 21.4. The Hall–Kier alpha value is -3.36. The van der Waals surface area contributed by atoms with Gasteiger partial charge in [0.1, 0.15) is 23.7 Å². The predicted octanol–water partition coefficient (Wildman–Crippen LogP) is 1.38. The zero-order valence-electron chi connectivity index (χ0n) is 17.7. The maximum absolute atomic E-state index is 12.1. The van der Waals surface area contributed by atoms with Crippen molar-refractivity contribution in [2.24, 2.45) is 7.05 Å². The number of H-pyrrole nitrogens is 2. The van der Waals surface area contributed by atoms with Gasteiger partial charge in [0.2, 0.25) is 5.91 Å². The van der Waals surface area contributed by atoms with Crippen molar-refractivity contribution < 1.29 is 9.53 Å². The van der Waals surface area contributed by atoms with Crippen molar-refractivity contribution in [1.82, 2.24) is 24.8 Å². The van der Waals surface area contributed by atoms with Gasteiger partial charge in [0.25, 0.3) is 5.56 Å². The Morgan fingerprint density at radius 2 is 1.87 bits per heavy atom. The van der Waals surface area contributed by atoms with Gasteiger partial charge in [-0.3, -0.25) is 19.1 Å². The molecule has 2 heterocycles. The Kier molecular flexibility index (Phi) is 6.09. The van der Waals surface area contributed by atoms with Crippen molar-refractivity contribution in [2.75, 3.05) is 13.2 Å². The largest absolute Gasteiger partial charge is 0.492 e. The van der Waals surface area contributed by atoms with Gasteiger partial charge in [0.05, 0.1) is 6.54 Å². The van der Waals surface area contributed by atoms with Crippen LogP contribution in [0.3, 0.4) is 0 Å². The van der Waals surface area contributed by atoms with Crippen LogP contribution in [0.2, 0.25) is 0 Å². The Balaban J connectivity index is 1.45. The molecule has 2 aromatic heterocycles. The standard InChI is InChI=1S/C21H27N5O4/c1-21(2,3)13-5-7-14(8-6-13)30-12-11-22-16(27)10-9-15-23-17-18(24-15)26(4)20(29)25-19(17)28/h5-8H,9-12H2,1-4H3,(H,22,27)(H,23,24)(H,25,28,29). The van der Waals surface area contributed by atoms with E-state index in [-0.39, 0.29) is 28.9 Å². The van der Waals surface area contributed by atoms with E-state index < -0.39 is 11.2 Å². The number of imidazole rings is 1. The summed E-state index contributed by atoms with van der Waals surface area (Å²) >= 11 is 0. The van der Waals surface area contributed by atoms with E-state index in [0.29, 0.717) is 25.4 Å².